The molecule has 0 unspecified atom stereocenters. The third-order valence-electron chi connectivity index (χ3n) is 13.0. The van der Waals surface area contributed by atoms with E-state index in [-0.39, 0.29) is 63.3 Å². The van der Waals surface area contributed by atoms with Gasteiger partial charge in [0.2, 0.25) is 17.7 Å². The van der Waals surface area contributed by atoms with Crippen LogP contribution in [0, 0.1) is 12.8 Å². The van der Waals surface area contributed by atoms with Gasteiger partial charge in [-0.15, -0.1) is 11.3 Å². The lowest BCUT2D eigenvalue weighted by Crippen LogP contribution is -2.55. The van der Waals surface area contributed by atoms with E-state index in [0.29, 0.717) is 30.1 Å². The number of aliphatic hydroxyl groups is 1. The minimum atomic E-state index is -1.14. The van der Waals surface area contributed by atoms with Gasteiger partial charge in [0.1, 0.15) is 30.0 Å². The molecule has 6 atom stereocenters. The smallest absolute Gasteiger partial charge is 0.303 e. The van der Waals surface area contributed by atoms with Crippen LogP contribution < -0.4 is 20.3 Å². The number of amides is 5. The number of benzene rings is 3. The normalized spacial score (nSPS) is 21.1. The summed E-state index contributed by atoms with van der Waals surface area (Å²) in [5.41, 5.74) is 7.63. The molecule has 1 aromatic heterocycles. The van der Waals surface area contributed by atoms with E-state index in [9.17, 15) is 33.9 Å². The summed E-state index contributed by atoms with van der Waals surface area (Å²) >= 11 is 1.56. The van der Waals surface area contributed by atoms with Crippen LogP contribution in [0.5, 0.6) is 5.75 Å². The Bertz CT molecular complexity index is 2510. The first-order valence-electron chi connectivity index (χ1n) is 23.2. The molecule has 3 N–H and O–H groups in total. The first-order chi connectivity index (χ1) is 32.6. The zero-order valence-electron chi connectivity index (χ0n) is 39.0. The van der Waals surface area contributed by atoms with Crippen LogP contribution in [0.2, 0.25) is 0 Å². The molecule has 0 aliphatic carbocycles. The Labute approximate surface area is 399 Å². The Morgan fingerprint density at radius 2 is 1.49 bits per heavy atom. The number of ether oxygens (including phenoxy) is 3. The van der Waals surface area contributed by atoms with Gasteiger partial charge in [-0.2, -0.15) is 0 Å². The second kappa shape index (κ2) is 20.9. The van der Waals surface area contributed by atoms with Crippen LogP contribution in [0.4, 0.5) is 5.69 Å². The summed E-state index contributed by atoms with van der Waals surface area (Å²) in [7, 11) is 0. The van der Waals surface area contributed by atoms with Crippen molar-refractivity contribution in [2.45, 2.75) is 104 Å². The van der Waals surface area contributed by atoms with E-state index in [2.05, 4.69) is 20.5 Å². The quantitative estimate of drug-likeness (QED) is 0.146. The number of β-amino-alcohol motifs (C(OH)–C–C–N with tert-alkyl or cyclic N) is 1. The highest BCUT2D eigenvalue weighted by atomic mass is 32.1. The largest absolute Gasteiger partial charge is 0.488 e. The number of rotatable bonds is 15. The van der Waals surface area contributed by atoms with Crippen molar-refractivity contribution in [1.82, 2.24) is 30.3 Å². The average molecular weight is 950 g/mol. The van der Waals surface area contributed by atoms with Gasteiger partial charge in [0.05, 0.1) is 41.9 Å². The summed E-state index contributed by atoms with van der Waals surface area (Å²) < 4.78 is 17.1. The number of hydrogen-bond acceptors (Lipinski definition) is 13. The van der Waals surface area contributed by atoms with Gasteiger partial charge in [-0.25, -0.2) is 4.98 Å². The second-order valence-corrected chi connectivity index (χ2v) is 19.1. The van der Waals surface area contributed by atoms with Crippen LogP contribution in [0.25, 0.3) is 10.4 Å². The summed E-state index contributed by atoms with van der Waals surface area (Å²) in [6.45, 7) is 11.9. The standard InChI is InChI=1S/C50H59N7O10S/c1-29(2)44(50(64)55-26-38(59)20-42(55)46(60)51-24-34-8-13-37(14-9-34)54-16-18-65-19-17-54)57-25-36-12-15-39(21-41(36)49(57)63)67-40-22-43(56(27-40)48(62)31(4)66-32(5)58)47(61)52-23-33-6-10-35(11-7-33)45-30(3)53-28-68-45/h6-15,21,28-29,31,38,40,42-44,59H,16-20,22-27H2,1-5H3,(H,51,60)(H,52,61)/t31-,38+,40+,42-,43-,44-/m0/s1. The predicted molar refractivity (Wildman–Crippen MR) is 252 cm³/mol. The van der Waals surface area contributed by atoms with Gasteiger partial charge in [-0.1, -0.05) is 56.3 Å². The maximum atomic E-state index is 14.5. The van der Waals surface area contributed by atoms with Gasteiger partial charge < -0.3 is 49.6 Å². The van der Waals surface area contributed by atoms with Crippen molar-refractivity contribution in [2.75, 3.05) is 44.3 Å². The summed E-state index contributed by atoms with van der Waals surface area (Å²) in [5, 5.41) is 16.7. The van der Waals surface area contributed by atoms with Crippen molar-refractivity contribution in [2.24, 2.45) is 5.92 Å². The Kier molecular flexibility index (Phi) is 14.8. The zero-order chi connectivity index (χ0) is 48.2. The summed E-state index contributed by atoms with van der Waals surface area (Å²) in [5.74, 6) is -2.76. The third kappa shape index (κ3) is 10.7. The van der Waals surface area contributed by atoms with Crippen LogP contribution >= 0.6 is 11.3 Å². The van der Waals surface area contributed by atoms with Crippen molar-refractivity contribution >= 4 is 52.5 Å². The number of carbonyl (C=O) groups excluding carboxylic acids is 6. The zero-order valence-corrected chi connectivity index (χ0v) is 39.8. The number of anilines is 1. The summed E-state index contributed by atoms with van der Waals surface area (Å²) in [6, 6.07) is 18.1. The molecule has 8 rings (SSSR count). The number of likely N-dealkylation sites (tertiary alicyclic amines) is 2. The van der Waals surface area contributed by atoms with Gasteiger partial charge in [0.15, 0.2) is 6.10 Å². The number of hydrogen-bond donors (Lipinski definition) is 3. The Morgan fingerprint density at radius 3 is 2.10 bits per heavy atom. The first kappa shape index (κ1) is 48.1. The number of nitrogens with zero attached hydrogens (tertiary/aromatic N) is 5. The molecule has 0 saturated carbocycles. The number of esters is 1. The van der Waals surface area contributed by atoms with Gasteiger partial charge in [-0.3, -0.25) is 28.8 Å². The molecule has 5 heterocycles. The number of nitrogens with one attached hydrogen (secondary N) is 2. The SMILES string of the molecule is CC(=O)O[C@@H](C)C(=O)N1C[C@H](Oc2ccc3c(c2)C(=O)N([C@H](C(=O)N2C[C@H](O)C[C@H]2C(=O)NCc2ccc(N4CCOCC4)cc2)C(C)C)C3)C[C@H]1C(=O)NCc1ccc(-c2scnc2C)cc1. The van der Waals surface area contributed by atoms with Crippen LogP contribution in [0.3, 0.4) is 0 Å². The maximum Gasteiger partial charge on any atom is 0.303 e. The topological polar surface area (TPSA) is 200 Å². The Balaban J connectivity index is 0.910. The second-order valence-electron chi connectivity index (χ2n) is 18.2. The van der Waals surface area contributed by atoms with E-state index in [4.69, 9.17) is 14.2 Å². The molecule has 4 aromatic rings. The fourth-order valence-corrected chi connectivity index (χ4v) is 10.4. The van der Waals surface area contributed by atoms with Crippen LogP contribution in [-0.4, -0.2) is 136 Å². The van der Waals surface area contributed by atoms with Crippen LogP contribution in [-0.2, 0) is 53.1 Å². The molecule has 0 bridgehead atoms. The number of morpholine rings is 1. The van der Waals surface area contributed by atoms with Gasteiger partial charge >= 0.3 is 5.97 Å². The number of aryl methyl sites for hydroxylation is 1. The van der Waals surface area contributed by atoms with Crippen molar-refractivity contribution < 1.29 is 48.1 Å². The van der Waals surface area contributed by atoms with Crippen molar-refractivity contribution in [3.8, 4) is 16.2 Å². The fraction of sp³-hybridized carbons (Fsp3) is 0.460. The molecule has 68 heavy (non-hydrogen) atoms. The minimum absolute atomic E-state index is 0.0180. The first-order valence-corrected chi connectivity index (χ1v) is 24.1. The number of aromatic nitrogens is 1. The minimum Gasteiger partial charge on any atom is -0.488 e. The fourth-order valence-electron chi connectivity index (χ4n) is 9.57. The molecule has 17 nitrogen and oxygen atoms in total. The lowest BCUT2D eigenvalue weighted by Gasteiger charge is -2.35. The lowest BCUT2D eigenvalue weighted by atomic mass is 10.0. The van der Waals surface area contributed by atoms with Gasteiger partial charge in [0, 0.05) is 70.3 Å². The average Bonchev–Trinajstić information content (AvgIpc) is 4.13. The monoisotopic (exact) mass is 949 g/mol. The van der Waals surface area contributed by atoms with Crippen molar-refractivity contribution in [3.63, 3.8) is 0 Å². The number of thiazole rings is 1. The third-order valence-corrected chi connectivity index (χ3v) is 14.0. The molecule has 360 valence electrons. The highest BCUT2D eigenvalue weighted by Gasteiger charge is 2.47. The molecular weight excluding hydrogens is 891 g/mol. The molecule has 0 radical (unpaired) electrons. The number of aliphatic hydroxyl groups excluding tert-OH is 1. The maximum absolute atomic E-state index is 14.5. The van der Waals surface area contributed by atoms with Gasteiger partial charge in [-0.05, 0) is 66.3 Å². The molecule has 18 heteroatoms. The Hall–Kier alpha value is -6.37. The molecular formula is C50H59N7O10S. The molecule has 3 aromatic carbocycles. The summed E-state index contributed by atoms with van der Waals surface area (Å²) in [4.78, 5) is 93.6. The van der Waals surface area contributed by atoms with Gasteiger partial charge in [0.25, 0.3) is 11.8 Å². The lowest BCUT2D eigenvalue weighted by molar-refractivity contribution is -0.158. The predicted octanol–water partition coefficient (Wildman–Crippen LogP) is 3.83. The van der Waals surface area contributed by atoms with Crippen LogP contribution in [0.1, 0.15) is 73.3 Å². The number of carbonyl (C=O) groups is 6. The molecule has 3 saturated heterocycles. The molecule has 4 aliphatic rings. The molecule has 5 amide bonds. The number of fused-ring (bicyclic) bond motifs is 1. The highest BCUT2D eigenvalue weighted by Crippen LogP contribution is 2.34. The molecule has 4 aliphatic heterocycles. The van der Waals surface area contributed by atoms with E-state index < -0.39 is 60.1 Å². The highest BCUT2D eigenvalue weighted by molar-refractivity contribution is 7.13. The van der Waals surface area contributed by atoms with E-state index in [1.165, 1.54) is 28.5 Å². The molecule has 0 spiro atoms. The van der Waals surface area contributed by atoms with Crippen molar-refractivity contribution in [3.05, 3.63) is 100 Å². The van der Waals surface area contributed by atoms with E-state index in [0.717, 1.165) is 46.0 Å². The van der Waals surface area contributed by atoms with Crippen molar-refractivity contribution in [1.29, 1.82) is 0 Å². The van der Waals surface area contributed by atoms with E-state index >= 15 is 0 Å². The van der Waals surface area contributed by atoms with E-state index in [1.54, 1.807) is 35.0 Å². The molecule has 3 fully saturated rings. The van der Waals surface area contributed by atoms with Crippen LogP contribution in [0.15, 0.2) is 72.2 Å². The Morgan fingerprint density at radius 1 is 0.853 bits per heavy atom. The summed E-state index contributed by atoms with van der Waals surface area (Å²) in [6.07, 6.45) is -2.49. The van der Waals surface area contributed by atoms with E-state index in [1.807, 2.05) is 69.3 Å².